The third kappa shape index (κ3) is 6.10. The topological polar surface area (TPSA) is 157 Å². The lowest BCUT2D eigenvalue weighted by Gasteiger charge is -2.27. The minimum atomic E-state index is -5.46. The second kappa shape index (κ2) is 10.3. The number of primary amides is 1. The van der Waals surface area contributed by atoms with Crippen molar-refractivity contribution < 1.29 is 36.6 Å². The number of nitrogens with one attached hydrogen (secondary N) is 1. The lowest BCUT2D eigenvalue weighted by molar-refractivity contribution is -0.245. The van der Waals surface area contributed by atoms with Crippen molar-refractivity contribution in [3.8, 4) is 0 Å². The first-order valence-corrected chi connectivity index (χ1v) is 9.38. The van der Waals surface area contributed by atoms with Crippen molar-refractivity contribution in [3.05, 3.63) is 59.6 Å². The number of hydrogen-bond donors (Lipinski definition) is 4. The molecule has 182 valence electrons. The van der Waals surface area contributed by atoms with Gasteiger partial charge in [-0.1, -0.05) is 18.2 Å². The number of carbonyl (C=O) groups is 2. The Morgan fingerprint density at radius 3 is 2.38 bits per heavy atom. The van der Waals surface area contributed by atoms with Gasteiger partial charge in [-0.2, -0.15) is 13.2 Å². The van der Waals surface area contributed by atoms with Crippen LogP contribution in [-0.4, -0.2) is 50.8 Å². The minimum absolute atomic E-state index is 0.198. The highest BCUT2D eigenvalue weighted by Crippen LogP contribution is 2.30. The summed E-state index contributed by atoms with van der Waals surface area (Å²) in [5, 5.41) is 11.4. The van der Waals surface area contributed by atoms with Crippen LogP contribution in [0.3, 0.4) is 0 Å². The molecule has 0 spiro atoms. The lowest BCUT2D eigenvalue weighted by Crippen LogP contribution is -2.59. The van der Waals surface area contributed by atoms with Crippen LogP contribution < -0.4 is 16.8 Å². The first kappa shape index (κ1) is 26.3. The average Bonchev–Trinajstić information content (AvgIpc) is 2.75. The van der Waals surface area contributed by atoms with E-state index in [1.807, 2.05) is 5.32 Å². The molecule has 6 N–H and O–H groups in total. The summed E-state index contributed by atoms with van der Waals surface area (Å²) in [6.45, 7) is -0.596. The van der Waals surface area contributed by atoms with Gasteiger partial charge in [0.05, 0.1) is 25.0 Å². The Balaban J connectivity index is 2.31. The number of alkyl halides is 3. The Morgan fingerprint density at radius 2 is 1.82 bits per heavy atom. The first-order chi connectivity index (χ1) is 15.8. The number of aliphatic hydroxyl groups is 1. The normalized spacial score (nSPS) is 14.4. The van der Waals surface area contributed by atoms with E-state index in [-0.39, 0.29) is 23.5 Å². The number of halogens is 5. The fourth-order valence-corrected chi connectivity index (χ4v) is 2.44. The summed E-state index contributed by atoms with van der Waals surface area (Å²) in [5.41, 5.74) is 6.11. The van der Waals surface area contributed by atoms with Gasteiger partial charge < -0.3 is 21.9 Å². The van der Waals surface area contributed by atoms with Crippen LogP contribution in [0, 0.1) is 11.6 Å². The molecule has 0 radical (unpaired) electrons. The van der Waals surface area contributed by atoms with Gasteiger partial charge in [-0.05, 0) is 12.1 Å². The largest absolute Gasteiger partial charge is 0.428 e. The summed E-state index contributed by atoms with van der Waals surface area (Å²) in [7, 11) is 0. The summed E-state index contributed by atoms with van der Waals surface area (Å²) in [6.07, 6.45) is -3.87. The van der Waals surface area contributed by atoms with Crippen molar-refractivity contribution in [2.24, 2.45) is 16.5 Å². The summed E-state index contributed by atoms with van der Waals surface area (Å²) < 4.78 is 66.7. The summed E-state index contributed by atoms with van der Waals surface area (Å²) in [6, 6.07) is 5.72. The number of hydrogen-bond acceptors (Lipinski definition) is 8. The van der Waals surface area contributed by atoms with Crippen molar-refractivity contribution in [2.75, 3.05) is 11.9 Å². The van der Waals surface area contributed by atoms with Crippen LogP contribution in [-0.2, 0) is 16.1 Å². The first-order valence-electron chi connectivity index (χ1n) is 9.38. The van der Waals surface area contributed by atoms with E-state index in [9.17, 15) is 36.6 Å². The Labute approximate surface area is 189 Å². The standard InChI is InChI=1S/C20H19F5N6O3/c1-10(32)15(28-7-11-4-2-3-5-12(11)21)6-14(26)17-29-8-13(22)16(31-17)30-9-19(34,18(27)33)20(23,24)25/h2-6,8,34H,7,9,26H2,1H3,(H2,27,33)(H,29,30,31). The Kier molecular flexibility index (Phi) is 8.00. The van der Waals surface area contributed by atoms with E-state index in [0.717, 1.165) is 13.0 Å². The van der Waals surface area contributed by atoms with Crippen LogP contribution in [0.1, 0.15) is 18.3 Å². The lowest BCUT2D eigenvalue weighted by atomic mass is 10.0. The molecule has 0 bridgehead atoms. The van der Waals surface area contributed by atoms with Gasteiger partial charge in [0.15, 0.2) is 23.2 Å². The molecule has 1 unspecified atom stereocenters. The molecular weight excluding hydrogens is 467 g/mol. The number of nitrogens with two attached hydrogens (primary N) is 2. The van der Waals surface area contributed by atoms with Gasteiger partial charge in [0.2, 0.25) is 0 Å². The molecule has 0 fully saturated rings. The zero-order valence-electron chi connectivity index (χ0n) is 17.5. The van der Waals surface area contributed by atoms with E-state index >= 15 is 0 Å². The zero-order chi connectivity index (χ0) is 25.7. The number of Topliss-reactive ketones (excluding diaryl/α,β-unsaturated/α-hetero) is 1. The predicted molar refractivity (Wildman–Crippen MR) is 111 cm³/mol. The van der Waals surface area contributed by atoms with E-state index in [1.54, 1.807) is 6.07 Å². The molecule has 1 aromatic heterocycles. The summed E-state index contributed by atoms with van der Waals surface area (Å²) in [4.78, 5) is 34.2. The second-order valence-electron chi connectivity index (χ2n) is 6.91. The maximum Gasteiger partial charge on any atom is 0.428 e. The quantitative estimate of drug-likeness (QED) is 0.309. The van der Waals surface area contributed by atoms with Crippen LogP contribution >= 0.6 is 0 Å². The van der Waals surface area contributed by atoms with Crippen LogP contribution in [0.4, 0.5) is 27.8 Å². The summed E-state index contributed by atoms with van der Waals surface area (Å²) >= 11 is 0. The molecule has 0 aliphatic heterocycles. The van der Waals surface area contributed by atoms with Crippen molar-refractivity contribution >= 4 is 28.9 Å². The summed E-state index contributed by atoms with van der Waals surface area (Å²) in [5.74, 6) is -5.70. The molecule has 0 aliphatic carbocycles. The molecule has 1 heterocycles. The Hall–Kier alpha value is -3.94. The Bertz CT molecular complexity index is 1150. The van der Waals surface area contributed by atoms with E-state index in [0.29, 0.717) is 6.20 Å². The average molecular weight is 486 g/mol. The highest BCUT2D eigenvalue weighted by Gasteiger charge is 2.58. The number of benzene rings is 1. The molecule has 1 aromatic carbocycles. The minimum Gasteiger partial charge on any atom is -0.396 e. The molecule has 1 amide bonds. The number of aromatic nitrogens is 2. The molecule has 2 rings (SSSR count). The van der Waals surface area contributed by atoms with Gasteiger partial charge in [0.25, 0.3) is 11.5 Å². The number of amides is 1. The van der Waals surface area contributed by atoms with Gasteiger partial charge in [0, 0.05) is 12.5 Å². The van der Waals surface area contributed by atoms with E-state index < -0.39 is 53.3 Å². The molecule has 2 aromatic rings. The monoisotopic (exact) mass is 486 g/mol. The number of rotatable bonds is 9. The predicted octanol–water partition coefficient (Wildman–Crippen LogP) is 1.48. The van der Waals surface area contributed by atoms with Gasteiger partial charge in [-0.15, -0.1) is 0 Å². The Morgan fingerprint density at radius 1 is 1.18 bits per heavy atom. The highest BCUT2D eigenvalue weighted by atomic mass is 19.4. The van der Waals surface area contributed by atoms with Gasteiger partial charge >= 0.3 is 6.18 Å². The van der Waals surface area contributed by atoms with Crippen LogP contribution in [0.5, 0.6) is 0 Å². The van der Waals surface area contributed by atoms with Crippen molar-refractivity contribution in [3.63, 3.8) is 0 Å². The van der Waals surface area contributed by atoms with Gasteiger partial charge in [0.1, 0.15) is 11.5 Å². The van der Waals surface area contributed by atoms with Gasteiger partial charge in [-0.25, -0.2) is 18.7 Å². The zero-order valence-corrected chi connectivity index (χ0v) is 17.5. The SMILES string of the molecule is CC(=O)C(C=C(N)c1ncc(F)c(NCC(O)(C(N)=O)C(F)(F)F)n1)=NCc1ccccc1F. The number of aliphatic imine (C=N–C) groups is 1. The number of nitrogens with zero attached hydrogens (tertiary/aromatic N) is 3. The maximum atomic E-state index is 14.0. The second-order valence-corrected chi connectivity index (χ2v) is 6.91. The van der Waals surface area contributed by atoms with E-state index in [1.165, 1.54) is 18.2 Å². The molecule has 1 atom stereocenters. The van der Waals surface area contributed by atoms with Crippen LogP contribution in [0.25, 0.3) is 5.70 Å². The third-order valence-electron chi connectivity index (χ3n) is 4.42. The van der Waals surface area contributed by atoms with Gasteiger partial charge in [-0.3, -0.25) is 14.6 Å². The van der Waals surface area contributed by atoms with Crippen LogP contribution in [0.15, 0.2) is 41.5 Å². The number of anilines is 1. The van der Waals surface area contributed by atoms with Crippen LogP contribution in [0.2, 0.25) is 0 Å². The maximum absolute atomic E-state index is 14.0. The smallest absolute Gasteiger partial charge is 0.396 e. The van der Waals surface area contributed by atoms with Crippen molar-refractivity contribution in [1.82, 2.24) is 9.97 Å². The molecule has 9 nitrogen and oxygen atoms in total. The molecule has 34 heavy (non-hydrogen) atoms. The number of carbonyl (C=O) groups excluding carboxylic acids is 2. The fraction of sp³-hybridized carbons (Fsp3) is 0.250. The molecule has 0 aliphatic rings. The molecule has 0 saturated heterocycles. The number of allylic oxidation sites excluding steroid dienone is 1. The van der Waals surface area contributed by atoms with Crippen molar-refractivity contribution in [2.45, 2.75) is 25.2 Å². The molecular formula is C20H19F5N6O3. The molecule has 14 heteroatoms. The molecule has 0 saturated carbocycles. The third-order valence-corrected chi connectivity index (χ3v) is 4.42. The highest BCUT2D eigenvalue weighted by molar-refractivity contribution is 6.44. The number of ketones is 1. The van der Waals surface area contributed by atoms with Crippen molar-refractivity contribution in [1.29, 1.82) is 0 Å². The van der Waals surface area contributed by atoms with E-state index in [4.69, 9.17) is 5.73 Å². The fourth-order valence-electron chi connectivity index (χ4n) is 2.44. The van der Waals surface area contributed by atoms with E-state index in [2.05, 4.69) is 20.7 Å².